The van der Waals surface area contributed by atoms with Gasteiger partial charge in [0.2, 0.25) is 70.9 Å². The number of aliphatic hydroxyl groups excluding tert-OH is 1. The van der Waals surface area contributed by atoms with Gasteiger partial charge in [0, 0.05) is 62.4 Å². The summed E-state index contributed by atoms with van der Waals surface area (Å²) in [7, 11) is 10.0. The summed E-state index contributed by atoms with van der Waals surface area (Å²) in [6.07, 6.45) is 15.6. The molecule has 26 heteroatoms. The standard InChI is InChI=1S/C75H130N12O14/c1-47(2)40-58-68(94)79-64(51(7)88)74(100)80(11)45-63(90)83(14)61(41-48(3)4)73(99)86(17)60(43-54-34-26-20-27-35-54)67(93)78-57(46-101-75(8,9)10)71(97)82(13)49(5)65(91)77-56(72(98)87-38-28-21-29-39-87)44-62(89)81(12)50(6)69(95)84(15)59(42-53-32-24-19-25-33-53)66(92)76-55(70(96)85(58)16)37-36-52-30-22-18-23-31-52/h47-61,64,88H,18-46H2,1-17H3,(H,76,92)(H,77,91)(H,78,93)(H,79,94)/t49-,50-,51+,55-,56-,57-,58-,59-,60-,61-,64-/m0/s1. The zero-order valence-electron chi connectivity index (χ0n) is 64.6. The maximum absolute atomic E-state index is 15.4. The van der Waals surface area contributed by atoms with E-state index in [1.165, 1.54) is 94.6 Å². The van der Waals surface area contributed by atoms with E-state index in [9.17, 15) is 33.9 Å². The second-order valence-electron chi connectivity index (χ2n) is 32.2. The Kier molecular flexibility index (Phi) is 33.7. The molecule has 12 amide bonds. The molecule has 0 unspecified atom stereocenters. The molecule has 2 heterocycles. The lowest BCUT2D eigenvalue weighted by Crippen LogP contribution is -2.61. The van der Waals surface area contributed by atoms with Crippen LogP contribution in [0.15, 0.2) is 0 Å². The average molecular weight is 1420 g/mol. The second kappa shape index (κ2) is 40.0. The third kappa shape index (κ3) is 25.2. The highest BCUT2D eigenvalue weighted by atomic mass is 16.5. The number of likely N-dealkylation sites (tertiary alicyclic amines) is 1. The Labute approximate surface area is 603 Å². The fraction of sp³-hybridized carbons (Fsp3) is 0.840. The summed E-state index contributed by atoms with van der Waals surface area (Å²) >= 11 is 0. The first-order valence-electron chi connectivity index (χ1n) is 38.1. The number of carbonyl (C=O) groups is 12. The van der Waals surface area contributed by atoms with Gasteiger partial charge in [-0.25, -0.2) is 0 Å². The number of aliphatic hydroxyl groups is 1. The van der Waals surface area contributed by atoms with E-state index in [4.69, 9.17) is 4.74 Å². The fourth-order valence-electron chi connectivity index (χ4n) is 15.1. The summed E-state index contributed by atoms with van der Waals surface area (Å²) in [4.78, 5) is 190. The lowest BCUT2D eigenvalue weighted by atomic mass is 9.84. The Morgan fingerprint density at radius 3 is 1.41 bits per heavy atom. The van der Waals surface area contributed by atoms with E-state index in [0.29, 0.717) is 32.4 Å². The molecular formula is C75H130N12O14. The quantitative estimate of drug-likeness (QED) is 0.137. The highest BCUT2D eigenvalue weighted by Crippen LogP contribution is 2.33. The van der Waals surface area contributed by atoms with E-state index in [2.05, 4.69) is 21.3 Å². The van der Waals surface area contributed by atoms with Crippen LogP contribution >= 0.6 is 0 Å². The summed E-state index contributed by atoms with van der Waals surface area (Å²) < 4.78 is 6.19. The van der Waals surface area contributed by atoms with Crippen LogP contribution in [0.3, 0.4) is 0 Å². The van der Waals surface area contributed by atoms with Crippen LogP contribution in [0, 0.1) is 29.6 Å². The Bertz CT molecular complexity index is 2790. The Balaban J connectivity index is 1.65. The molecule has 0 spiro atoms. The van der Waals surface area contributed by atoms with Crippen molar-refractivity contribution in [3.05, 3.63) is 0 Å². The molecule has 0 bridgehead atoms. The topological polar surface area (TPSA) is 308 Å². The highest BCUT2D eigenvalue weighted by molar-refractivity contribution is 6.00. The van der Waals surface area contributed by atoms with Gasteiger partial charge in [0.25, 0.3) is 0 Å². The third-order valence-electron chi connectivity index (χ3n) is 22.0. The molecule has 574 valence electrons. The molecule has 5 rings (SSSR count). The van der Waals surface area contributed by atoms with E-state index >= 15 is 28.8 Å². The maximum atomic E-state index is 15.4. The number of ether oxygens (including phenoxy) is 1. The van der Waals surface area contributed by atoms with Gasteiger partial charge in [-0.3, -0.25) is 57.5 Å². The molecule has 3 saturated carbocycles. The zero-order valence-corrected chi connectivity index (χ0v) is 64.6. The van der Waals surface area contributed by atoms with Crippen molar-refractivity contribution in [2.45, 2.75) is 302 Å². The van der Waals surface area contributed by atoms with Crippen molar-refractivity contribution in [2.75, 3.05) is 75.6 Å². The highest BCUT2D eigenvalue weighted by Gasteiger charge is 2.44. The molecular weight excluding hydrogens is 1290 g/mol. The average Bonchev–Trinajstić information content (AvgIpc) is 0.828. The fourth-order valence-corrected chi connectivity index (χ4v) is 15.1. The number of amides is 12. The number of carbonyl (C=O) groups excluding carboxylic acids is 12. The minimum atomic E-state index is -1.62. The predicted molar refractivity (Wildman–Crippen MR) is 386 cm³/mol. The molecule has 26 nitrogen and oxygen atoms in total. The molecule has 2 aliphatic heterocycles. The molecule has 0 radical (unpaired) electrons. The van der Waals surface area contributed by atoms with Gasteiger partial charge in [-0.15, -0.1) is 0 Å². The summed E-state index contributed by atoms with van der Waals surface area (Å²) in [6, 6.07) is -12.9. The second-order valence-corrected chi connectivity index (χ2v) is 32.2. The number of nitrogens with one attached hydrogen (secondary N) is 4. The van der Waals surface area contributed by atoms with Crippen LogP contribution in [0.1, 0.15) is 230 Å². The number of hydrogen-bond donors (Lipinski definition) is 5. The molecule has 5 N–H and O–H groups in total. The number of nitrogens with zero attached hydrogens (tertiary/aromatic N) is 8. The molecule has 0 aromatic carbocycles. The predicted octanol–water partition coefficient (Wildman–Crippen LogP) is 5.39. The van der Waals surface area contributed by atoms with Crippen LogP contribution in [0.25, 0.3) is 0 Å². The molecule has 2 saturated heterocycles. The van der Waals surface area contributed by atoms with Crippen LogP contribution < -0.4 is 21.3 Å². The minimum Gasteiger partial charge on any atom is -0.391 e. The van der Waals surface area contributed by atoms with Gasteiger partial charge in [0.05, 0.1) is 31.3 Å². The number of piperidine rings is 1. The van der Waals surface area contributed by atoms with E-state index in [1.807, 2.05) is 27.7 Å². The van der Waals surface area contributed by atoms with E-state index < -0.39 is 156 Å². The maximum Gasteiger partial charge on any atom is 0.248 e. The lowest BCUT2D eigenvalue weighted by Gasteiger charge is -2.38. The van der Waals surface area contributed by atoms with Crippen molar-refractivity contribution in [1.82, 2.24) is 60.5 Å². The largest absolute Gasteiger partial charge is 0.391 e. The number of rotatable bonds is 15. The van der Waals surface area contributed by atoms with Crippen LogP contribution in [-0.2, 0) is 62.3 Å². The van der Waals surface area contributed by atoms with Crippen molar-refractivity contribution in [1.29, 1.82) is 0 Å². The summed E-state index contributed by atoms with van der Waals surface area (Å²) in [5, 5.41) is 22.8. The van der Waals surface area contributed by atoms with Crippen LogP contribution in [0.4, 0.5) is 0 Å². The summed E-state index contributed by atoms with van der Waals surface area (Å²) in [5.41, 5.74) is -0.825. The van der Waals surface area contributed by atoms with E-state index in [1.54, 1.807) is 25.7 Å². The van der Waals surface area contributed by atoms with E-state index in [0.717, 1.165) is 113 Å². The first-order chi connectivity index (χ1) is 47.4. The van der Waals surface area contributed by atoms with Crippen molar-refractivity contribution < 1.29 is 67.4 Å². The Morgan fingerprint density at radius 2 is 0.911 bits per heavy atom. The van der Waals surface area contributed by atoms with Crippen molar-refractivity contribution in [3.63, 3.8) is 0 Å². The van der Waals surface area contributed by atoms with Gasteiger partial charge >= 0.3 is 0 Å². The van der Waals surface area contributed by atoms with Crippen LogP contribution in [-0.4, -0.2) is 263 Å². The molecule has 11 atom stereocenters. The smallest absolute Gasteiger partial charge is 0.248 e. The molecule has 0 aromatic rings. The van der Waals surface area contributed by atoms with Gasteiger partial charge in [0.15, 0.2) is 0 Å². The summed E-state index contributed by atoms with van der Waals surface area (Å²) in [6.45, 7) is 16.9. The van der Waals surface area contributed by atoms with Crippen LogP contribution in [0.5, 0.6) is 0 Å². The van der Waals surface area contributed by atoms with Gasteiger partial charge in [0.1, 0.15) is 60.4 Å². The van der Waals surface area contributed by atoms with Crippen molar-refractivity contribution in [2.24, 2.45) is 29.6 Å². The molecule has 5 fully saturated rings. The lowest BCUT2D eigenvalue weighted by molar-refractivity contribution is -0.151. The zero-order chi connectivity index (χ0) is 75.3. The van der Waals surface area contributed by atoms with Crippen LogP contribution in [0.2, 0.25) is 0 Å². The van der Waals surface area contributed by atoms with Gasteiger partial charge in [-0.2, -0.15) is 0 Å². The minimum absolute atomic E-state index is 0.00887. The Morgan fingerprint density at radius 1 is 0.465 bits per heavy atom. The normalized spacial score (nSPS) is 28.4. The van der Waals surface area contributed by atoms with Gasteiger partial charge in [-0.05, 0) is 129 Å². The summed E-state index contributed by atoms with van der Waals surface area (Å²) in [5.74, 6) is -8.10. The van der Waals surface area contributed by atoms with Gasteiger partial charge < -0.3 is 70.3 Å². The molecule has 5 aliphatic rings. The third-order valence-corrected chi connectivity index (χ3v) is 22.0. The molecule has 0 aromatic heterocycles. The van der Waals surface area contributed by atoms with E-state index in [-0.39, 0.29) is 68.3 Å². The first-order valence-corrected chi connectivity index (χ1v) is 38.1. The number of hydrogen-bond acceptors (Lipinski definition) is 14. The first kappa shape index (κ1) is 85.2. The van der Waals surface area contributed by atoms with Crippen molar-refractivity contribution >= 4 is 70.9 Å². The van der Waals surface area contributed by atoms with Gasteiger partial charge in [-0.1, -0.05) is 124 Å². The molecule has 101 heavy (non-hydrogen) atoms. The molecule has 3 aliphatic carbocycles. The van der Waals surface area contributed by atoms with Crippen molar-refractivity contribution in [3.8, 4) is 0 Å². The monoisotopic (exact) mass is 1420 g/mol. The number of likely N-dealkylation sites (N-methyl/N-ethyl adjacent to an activating group) is 7. The SMILES string of the molecule is CC(C)C[C@H]1C(=O)N(C)[C@@H](CC2CCCCC2)C(=O)N[C@@H](COC(C)(C)C)C(=O)N(C)[C@@H](C)C(=O)N[C@H](C(=O)N2CCCCC2)CC(=O)N(C)[C@@H](C)C(=O)N(C)[C@@H](CC2CCCCC2)C(=O)N[C@@H](CCC2CCCCC2)C(=O)N(C)[C@@H](CC(C)C)C(=O)N[C@@H]([C@@H](C)O)C(=O)N(C)CC(=O)N1C. The Hall–Kier alpha value is -6.44.